The van der Waals surface area contributed by atoms with E-state index in [1.54, 1.807) is 6.07 Å². The van der Waals surface area contributed by atoms with E-state index in [1.165, 1.54) is 11.6 Å². The largest absolute Gasteiger partial charge is 0.378 e. The maximum atomic E-state index is 14.0. The molecule has 0 spiro atoms. The van der Waals surface area contributed by atoms with Crippen molar-refractivity contribution in [3.63, 3.8) is 0 Å². The molecular weight excluding hydrogens is 329 g/mol. The molecule has 1 atom stereocenters. The lowest BCUT2D eigenvalue weighted by molar-refractivity contribution is 0.587. The lowest BCUT2D eigenvalue weighted by atomic mass is 9.85. The van der Waals surface area contributed by atoms with Gasteiger partial charge in [0.25, 0.3) is 0 Å². The van der Waals surface area contributed by atoms with Crippen LogP contribution >= 0.6 is 15.9 Å². The van der Waals surface area contributed by atoms with E-state index in [0.29, 0.717) is 5.56 Å². The lowest BCUT2D eigenvalue weighted by Gasteiger charge is -2.26. The fourth-order valence-corrected chi connectivity index (χ4v) is 2.80. The van der Waals surface area contributed by atoms with Crippen molar-refractivity contribution in [2.75, 3.05) is 5.32 Å². The summed E-state index contributed by atoms with van der Waals surface area (Å²) in [6.45, 7) is 8.51. The average Bonchev–Trinajstić information content (AvgIpc) is 2.41. The second-order valence-corrected chi connectivity index (χ2v) is 7.24. The van der Waals surface area contributed by atoms with Crippen LogP contribution < -0.4 is 5.32 Å². The van der Waals surface area contributed by atoms with Crippen LogP contribution in [0.2, 0.25) is 0 Å². The number of nitrogens with one attached hydrogen (secondary N) is 1. The summed E-state index contributed by atoms with van der Waals surface area (Å²) >= 11 is 3.40. The van der Waals surface area contributed by atoms with Crippen LogP contribution in [-0.2, 0) is 5.41 Å². The van der Waals surface area contributed by atoms with Crippen LogP contribution in [0.25, 0.3) is 0 Å². The van der Waals surface area contributed by atoms with E-state index in [0.717, 1.165) is 10.2 Å². The summed E-state index contributed by atoms with van der Waals surface area (Å²) in [5.74, 6) is -0.188. The standard InChI is InChI=1S/C18H21BrFN/c1-12(14-11-13(19)9-10-16(14)20)21-17-8-6-5-7-15(17)18(2,3)4/h5-12,21H,1-4H3. The molecule has 2 aromatic rings. The predicted molar refractivity (Wildman–Crippen MR) is 91.3 cm³/mol. The van der Waals surface area contributed by atoms with Gasteiger partial charge in [-0.05, 0) is 42.2 Å². The van der Waals surface area contributed by atoms with Gasteiger partial charge in [-0.2, -0.15) is 0 Å². The molecule has 0 aliphatic heterocycles. The molecule has 0 aromatic heterocycles. The molecule has 1 N–H and O–H groups in total. The molecule has 21 heavy (non-hydrogen) atoms. The first kappa shape index (κ1) is 16.0. The topological polar surface area (TPSA) is 12.0 Å². The molecule has 2 rings (SSSR count). The molecule has 112 valence electrons. The van der Waals surface area contributed by atoms with Crippen molar-refractivity contribution < 1.29 is 4.39 Å². The summed E-state index contributed by atoms with van der Waals surface area (Å²) in [5.41, 5.74) is 2.98. The maximum Gasteiger partial charge on any atom is 0.128 e. The van der Waals surface area contributed by atoms with Gasteiger partial charge in [0, 0.05) is 15.7 Å². The van der Waals surface area contributed by atoms with E-state index in [9.17, 15) is 4.39 Å². The Bertz CT molecular complexity index is 631. The molecule has 0 amide bonds. The lowest BCUT2D eigenvalue weighted by Crippen LogP contribution is -2.17. The van der Waals surface area contributed by atoms with Crippen LogP contribution in [0.15, 0.2) is 46.9 Å². The summed E-state index contributed by atoms with van der Waals surface area (Å²) < 4.78 is 14.9. The molecule has 0 saturated heterocycles. The van der Waals surface area contributed by atoms with Crippen LogP contribution in [0.1, 0.15) is 44.9 Å². The van der Waals surface area contributed by atoms with Crippen molar-refractivity contribution in [2.24, 2.45) is 0 Å². The average molecular weight is 350 g/mol. The number of rotatable bonds is 3. The summed E-state index contributed by atoms with van der Waals surface area (Å²) in [6, 6.07) is 13.1. The first-order valence-electron chi connectivity index (χ1n) is 7.10. The third-order valence-corrected chi connectivity index (χ3v) is 4.02. The fraction of sp³-hybridized carbons (Fsp3) is 0.333. The SMILES string of the molecule is CC(Nc1ccccc1C(C)(C)C)c1cc(Br)ccc1F. The molecule has 0 saturated carbocycles. The highest BCUT2D eigenvalue weighted by molar-refractivity contribution is 9.10. The molecule has 1 nitrogen and oxygen atoms in total. The van der Waals surface area contributed by atoms with Crippen molar-refractivity contribution >= 4 is 21.6 Å². The monoisotopic (exact) mass is 349 g/mol. The summed E-state index contributed by atoms with van der Waals surface area (Å²) in [6.07, 6.45) is 0. The van der Waals surface area contributed by atoms with E-state index in [1.807, 2.05) is 31.2 Å². The smallest absolute Gasteiger partial charge is 0.128 e. The summed E-state index contributed by atoms with van der Waals surface area (Å²) in [4.78, 5) is 0. The van der Waals surface area contributed by atoms with Crippen LogP contribution in [0.3, 0.4) is 0 Å². The Morgan fingerprint density at radius 2 is 1.76 bits per heavy atom. The van der Waals surface area contributed by atoms with Crippen molar-refractivity contribution in [1.29, 1.82) is 0 Å². The van der Waals surface area contributed by atoms with Crippen molar-refractivity contribution in [2.45, 2.75) is 39.2 Å². The van der Waals surface area contributed by atoms with Crippen molar-refractivity contribution in [3.8, 4) is 0 Å². The summed E-state index contributed by atoms with van der Waals surface area (Å²) in [5, 5.41) is 3.44. The number of halogens is 2. The van der Waals surface area contributed by atoms with Gasteiger partial charge < -0.3 is 5.32 Å². The Kier molecular flexibility index (Phi) is 4.72. The fourth-order valence-electron chi connectivity index (χ4n) is 2.42. The minimum absolute atomic E-state index is 0.0408. The second-order valence-electron chi connectivity index (χ2n) is 6.33. The van der Waals surface area contributed by atoms with E-state index >= 15 is 0 Å². The molecule has 3 heteroatoms. The highest BCUT2D eigenvalue weighted by atomic mass is 79.9. The van der Waals surface area contributed by atoms with Gasteiger partial charge in [0.1, 0.15) is 5.82 Å². The minimum Gasteiger partial charge on any atom is -0.378 e. The number of hydrogen-bond acceptors (Lipinski definition) is 1. The van der Waals surface area contributed by atoms with Gasteiger partial charge in [0.05, 0.1) is 6.04 Å². The molecule has 0 bridgehead atoms. The first-order chi connectivity index (χ1) is 9.79. The second kappa shape index (κ2) is 6.18. The quantitative estimate of drug-likeness (QED) is 0.710. The van der Waals surface area contributed by atoms with Gasteiger partial charge in [-0.1, -0.05) is 54.9 Å². The molecule has 0 fully saturated rings. The molecule has 0 aliphatic carbocycles. The van der Waals surface area contributed by atoms with Gasteiger partial charge >= 0.3 is 0 Å². The Hall–Kier alpha value is -1.35. The van der Waals surface area contributed by atoms with Crippen molar-refractivity contribution in [1.82, 2.24) is 0 Å². The molecule has 0 radical (unpaired) electrons. The maximum absolute atomic E-state index is 14.0. The van der Waals surface area contributed by atoms with Crippen LogP contribution in [0.5, 0.6) is 0 Å². The van der Waals surface area contributed by atoms with E-state index in [-0.39, 0.29) is 17.3 Å². The normalized spacial score (nSPS) is 13.0. The minimum atomic E-state index is -0.188. The Morgan fingerprint density at radius 1 is 1.10 bits per heavy atom. The zero-order valence-electron chi connectivity index (χ0n) is 12.9. The highest BCUT2D eigenvalue weighted by Gasteiger charge is 2.19. The zero-order valence-corrected chi connectivity index (χ0v) is 14.5. The van der Waals surface area contributed by atoms with E-state index in [2.05, 4.69) is 48.1 Å². The highest BCUT2D eigenvalue weighted by Crippen LogP contribution is 2.32. The third-order valence-electron chi connectivity index (χ3n) is 3.53. The Balaban J connectivity index is 2.32. The van der Waals surface area contributed by atoms with Gasteiger partial charge in [-0.15, -0.1) is 0 Å². The van der Waals surface area contributed by atoms with E-state index < -0.39 is 0 Å². The molecule has 2 aromatic carbocycles. The predicted octanol–water partition coefficient (Wildman–Crippen LogP) is 6.06. The molecule has 0 aliphatic rings. The van der Waals surface area contributed by atoms with Crippen LogP contribution in [0.4, 0.5) is 10.1 Å². The van der Waals surface area contributed by atoms with Gasteiger partial charge in [-0.25, -0.2) is 4.39 Å². The number of benzene rings is 2. The number of hydrogen-bond donors (Lipinski definition) is 1. The number of para-hydroxylation sites is 1. The summed E-state index contributed by atoms with van der Waals surface area (Å²) in [7, 11) is 0. The van der Waals surface area contributed by atoms with Crippen molar-refractivity contribution in [3.05, 3.63) is 63.9 Å². The molecule has 1 unspecified atom stereocenters. The zero-order chi connectivity index (χ0) is 15.6. The van der Waals surface area contributed by atoms with Crippen LogP contribution in [0, 0.1) is 5.82 Å². The van der Waals surface area contributed by atoms with Crippen LogP contribution in [-0.4, -0.2) is 0 Å². The van der Waals surface area contributed by atoms with Gasteiger partial charge in [-0.3, -0.25) is 0 Å². The molecule has 0 heterocycles. The third kappa shape index (κ3) is 3.85. The Labute approximate surface area is 134 Å². The van der Waals surface area contributed by atoms with Gasteiger partial charge in [0.15, 0.2) is 0 Å². The number of anilines is 1. The first-order valence-corrected chi connectivity index (χ1v) is 7.89. The molecular formula is C18H21BrFN. The van der Waals surface area contributed by atoms with Gasteiger partial charge in [0.2, 0.25) is 0 Å². The Morgan fingerprint density at radius 3 is 2.43 bits per heavy atom. The van der Waals surface area contributed by atoms with E-state index in [4.69, 9.17) is 0 Å².